The maximum atomic E-state index is 11.5. The van der Waals surface area contributed by atoms with Crippen molar-refractivity contribution in [2.45, 2.75) is 78.7 Å². The first-order chi connectivity index (χ1) is 9.83. The molecule has 8 heteroatoms. The van der Waals surface area contributed by atoms with Gasteiger partial charge in [0.05, 0.1) is 17.8 Å². The lowest BCUT2D eigenvalue weighted by Crippen LogP contribution is -2.44. The number of nitrogens with two attached hydrogens (primary N) is 1. The molecule has 0 aromatic rings. The number of carbonyl (C=O) groups excluding carboxylic acids is 1. The molecule has 4 atom stereocenters. The van der Waals surface area contributed by atoms with E-state index in [1.54, 1.807) is 0 Å². The average molecular weight is 414 g/mol. The summed E-state index contributed by atoms with van der Waals surface area (Å²) in [6.07, 6.45) is -0.393. The van der Waals surface area contributed by atoms with Crippen LogP contribution in [0.3, 0.4) is 0 Å². The van der Waals surface area contributed by atoms with Crippen molar-refractivity contribution in [1.82, 2.24) is 0 Å². The van der Waals surface area contributed by atoms with Crippen LogP contribution in [0.1, 0.15) is 78.7 Å². The van der Waals surface area contributed by atoms with Gasteiger partial charge >= 0.3 is 17.9 Å². The normalized spacial score (nSPS) is 13.4. The van der Waals surface area contributed by atoms with Gasteiger partial charge in [0.25, 0.3) is 0 Å². The molecule has 0 spiro atoms. The Bertz CT molecular complexity index is 475. The molecule has 0 aliphatic heterocycles. The summed E-state index contributed by atoms with van der Waals surface area (Å²) in [6.45, 7) is 5.66. The number of carbonyl (C=O) groups is 4. The lowest BCUT2D eigenvalue weighted by atomic mass is 9.69. The fourth-order valence-electron chi connectivity index (χ4n) is 2.21. The third-order valence-corrected chi connectivity index (χ3v) is 4.51. The van der Waals surface area contributed by atoms with Crippen molar-refractivity contribution >= 4 is 23.8 Å². The molecule has 0 bridgehead atoms. The Balaban J connectivity index is -0.000000147. The van der Waals surface area contributed by atoms with Gasteiger partial charge in [-0.1, -0.05) is 72.3 Å². The first kappa shape index (κ1) is 44.9. The standard InChI is InChI=1S/C14H23NO7.6CH4/c1-6(10(16)17)8(11(18)19)5-9(12(20)21)7(2)14(3,4)13(15)22;;;;;;/h6-9H,5H2,1-4H3,(H2,15,22)(H,16,17)(H,18,19)(H,20,21);6*1H4. The van der Waals surface area contributed by atoms with E-state index in [-0.39, 0.29) is 44.6 Å². The molecular weight excluding hydrogens is 366 g/mol. The predicted octanol–water partition coefficient (Wildman–Crippen LogP) is 4.46. The first-order valence-corrected chi connectivity index (χ1v) is 6.82. The van der Waals surface area contributed by atoms with Gasteiger partial charge in [-0.15, -0.1) is 0 Å². The van der Waals surface area contributed by atoms with Crippen LogP contribution < -0.4 is 5.73 Å². The van der Waals surface area contributed by atoms with Crippen LogP contribution in [0.25, 0.3) is 0 Å². The van der Waals surface area contributed by atoms with Gasteiger partial charge in [0.1, 0.15) is 0 Å². The molecule has 8 nitrogen and oxygen atoms in total. The van der Waals surface area contributed by atoms with E-state index in [9.17, 15) is 24.3 Å². The molecule has 0 aromatic carbocycles. The fraction of sp³-hybridized carbons (Fsp3) is 0.800. The highest BCUT2D eigenvalue weighted by Gasteiger charge is 2.43. The summed E-state index contributed by atoms with van der Waals surface area (Å²) in [5.41, 5.74) is 4.10. The second-order valence-corrected chi connectivity index (χ2v) is 6.13. The van der Waals surface area contributed by atoms with Crippen LogP contribution in [0.15, 0.2) is 0 Å². The first-order valence-electron chi connectivity index (χ1n) is 6.82. The Morgan fingerprint density at radius 1 is 0.750 bits per heavy atom. The van der Waals surface area contributed by atoms with Gasteiger partial charge in [-0.2, -0.15) is 0 Å². The maximum Gasteiger partial charge on any atom is 0.307 e. The smallest absolute Gasteiger partial charge is 0.307 e. The molecule has 5 N–H and O–H groups in total. The number of primary amides is 1. The zero-order chi connectivity index (χ0) is 17.8. The van der Waals surface area contributed by atoms with Crippen LogP contribution in [0.4, 0.5) is 0 Å². The second-order valence-electron chi connectivity index (χ2n) is 6.13. The summed E-state index contributed by atoms with van der Waals surface area (Å²) in [4.78, 5) is 45.2. The largest absolute Gasteiger partial charge is 0.481 e. The number of rotatable bonds is 9. The lowest BCUT2D eigenvalue weighted by Gasteiger charge is -2.34. The van der Waals surface area contributed by atoms with E-state index < -0.39 is 59.3 Å². The summed E-state index contributed by atoms with van der Waals surface area (Å²) in [7, 11) is 0. The molecule has 0 fully saturated rings. The van der Waals surface area contributed by atoms with Crippen LogP contribution in [-0.4, -0.2) is 39.1 Å². The van der Waals surface area contributed by atoms with Gasteiger partial charge in [-0.05, 0) is 12.3 Å². The van der Waals surface area contributed by atoms with E-state index in [1.807, 2.05) is 0 Å². The van der Waals surface area contributed by atoms with Gasteiger partial charge in [0, 0.05) is 5.41 Å². The van der Waals surface area contributed by atoms with Crippen molar-refractivity contribution in [3.8, 4) is 0 Å². The van der Waals surface area contributed by atoms with Crippen molar-refractivity contribution in [2.75, 3.05) is 0 Å². The molecule has 1 amide bonds. The average Bonchev–Trinajstić information content (AvgIpc) is 2.36. The topological polar surface area (TPSA) is 155 Å². The number of carboxylic acids is 3. The molecule has 0 rings (SSSR count). The van der Waals surface area contributed by atoms with Crippen LogP contribution in [-0.2, 0) is 19.2 Å². The summed E-state index contributed by atoms with van der Waals surface area (Å²) in [5, 5.41) is 27.5. The van der Waals surface area contributed by atoms with Gasteiger partial charge in [0.15, 0.2) is 0 Å². The number of hydrogen-bond acceptors (Lipinski definition) is 4. The highest BCUT2D eigenvalue weighted by Crippen LogP contribution is 2.37. The van der Waals surface area contributed by atoms with Crippen LogP contribution in [0.2, 0.25) is 0 Å². The van der Waals surface area contributed by atoms with Gasteiger partial charge in [-0.25, -0.2) is 0 Å². The molecule has 0 aromatic heterocycles. The number of hydrogen-bond donors (Lipinski definition) is 4. The predicted molar refractivity (Wildman–Crippen MR) is 116 cm³/mol. The molecule has 0 aliphatic carbocycles. The highest BCUT2D eigenvalue weighted by atomic mass is 16.4. The molecule has 0 saturated carbocycles. The molecule has 174 valence electrons. The monoisotopic (exact) mass is 413 g/mol. The third-order valence-electron chi connectivity index (χ3n) is 4.51. The summed E-state index contributed by atoms with van der Waals surface area (Å²) >= 11 is 0. The Labute approximate surface area is 172 Å². The molecule has 4 unspecified atom stereocenters. The van der Waals surface area contributed by atoms with E-state index in [1.165, 1.54) is 27.7 Å². The Morgan fingerprint density at radius 3 is 1.29 bits per heavy atom. The summed E-state index contributed by atoms with van der Waals surface area (Å²) in [5.74, 6) is -9.28. The Kier molecular flexibility index (Phi) is 27.3. The zero-order valence-corrected chi connectivity index (χ0v) is 13.1. The van der Waals surface area contributed by atoms with Crippen LogP contribution in [0.5, 0.6) is 0 Å². The van der Waals surface area contributed by atoms with Crippen molar-refractivity contribution in [1.29, 1.82) is 0 Å². The Morgan fingerprint density at radius 2 is 1.07 bits per heavy atom. The van der Waals surface area contributed by atoms with Crippen molar-refractivity contribution in [3.05, 3.63) is 0 Å². The third kappa shape index (κ3) is 10.9. The van der Waals surface area contributed by atoms with E-state index in [0.717, 1.165) is 0 Å². The van der Waals surface area contributed by atoms with Crippen LogP contribution >= 0.6 is 0 Å². The maximum absolute atomic E-state index is 11.5. The number of carboxylic acid groups (broad SMARTS) is 3. The fourth-order valence-corrected chi connectivity index (χ4v) is 2.21. The summed E-state index contributed by atoms with van der Waals surface area (Å²) < 4.78 is 0. The van der Waals surface area contributed by atoms with Crippen molar-refractivity contribution in [3.63, 3.8) is 0 Å². The summed E-state index contributed by atoms with van der Waals surface area (Å²) in [6, 6.07) is 0. The molecule has 0 radical (unpaired) electrons. The minimum atomic E-state index is -1.38. The van der Waals surface area contributed by atoms with Gasteiger partial charge in [-0.3, -0.25) is 19.2 Å². The number of aliphatic carboxylic acids is 3. The number of amides is 1. The second kappa shape index (κ2) is 17.0. The van der Waals surface area contributed by atoms with Crippen LogP contribution in [0, 0.1) is 29.1 Å². The van der Waals surface area contributed by atoms with E-state index in [2.05, 4.69) is 0 Å². The van der Waals surface area contributed by atoms with E-state index in [0.29, 0.717) is 0 Å². The molecule has 0 heterocycles. The van der Waals surface area contributed by atoms with Crippen molar-refractivity contribution in [2.24, 2.45) is 34.8 Å². The molecule has 0 aliphatic rings. The van der Waals surface area contributed by atoms with Crippen molar-refractivity contribution < 1.29 is 34.5 Å². The van der Waals surface area contributed by atoms with Gasteiger partial charge < -0.3 is 21.1 Å². The van der Waals surface area contributed by atoms with E-state index in [4.69, 9.17) is 15.9 Å². The highest BCUT2D eigenvalue weighted by molar-refractivity contribution is 5.83. The lowest BCUT2D eigenvalue weighted by molar-refractivity contribution is -0.157. The zero-order valence-electron chi connectivity index (χ0n) is 13.1. The molecule has 0 saturated heterocycles. The molecule has 28 heavy (non-hydrogen) atoms. The minimum absolute atomic E-state index is 0. The Hall–Kier alpha value is -2.12. The molecular formula is C20H47NO7. The quantitative estimate of drug-likeness (QED) is 0.434. The SMILES string of the molecule is C.C.C.C.C.C.CC(C(=O)O)C(CC(C(=O)O)C(C)C(C)(C)C(N)=O)C(=O)O. The minimum Gasteiger partial charge on any atom is -0.481 e. The van der Waals surface area contributed by atoms with E-state index >= 15 is 0 Å². The van der Waals surface area contributed by atoms with Gasteiger partial charge in [0.2, 0.25) is 5.91 Å².